The van der Waals surface area contributed by atoms with Gasteiger partial charge >= 0.3 is 6.18 Å². The molecule has 0 aromatic carbocycles. The maximum absolute atomic E-state index is 12.5. The van der Waals surface area contributed by atoms with E-state index in [0.29, 0.717) is 13.0 Å². The van der Waals surface area contributed by atoms with Crippen LogP contribution in [0.1, 0.15) is 33.1 Å². The molecule has 0 unspecified atom stereocenters. The normalized spacial score (nSPS) is 26.8. The molecule has 0 amide bonds. The molecule has 0 N–H and O–H groups in total. The quantitative estimate of drug-likeness (QED) is 0.622. The zero-order valence-electron chi connectivity index (χ0n) is 8.06. The number of hydrogen-bond acceptors (Lipinski definition) is 1. The second-order valence-electron chi connectivity index (χ2n) is 3.88. The van der Waals surface area contributed by atoms with Crippen LogP contribution in [0.25, 0.3) is 0 Å². The maximum Gasteiger partial charge on any atom is 0.404 e. The van der Waals surface area contributed by atoms with Gasteiger partial charge in [0.15, 0.2) is 0 Å². The monoisotopic (exact) mass is 195 g/mol. The average molecular weight is 195 g/mol. The van der Waals surface area contributed by atoms with Crippen molar-refractivity contribution in [1.82, 2.24) is 4.90 Å². The van der Waals surface area contributed by atoms with Gasteiger partial charge in [0.05, 0.1) is 0 Å². The second-order valence-corrected chi connectivity index (χ2v) is 3.88. The lowest BCUT2D eigenvalue weighted by atomic mass is 10.00. The van der Waals surface area contributed by atoms with Gasteiger partial charge in [0.2, 0.25) is 0 Å². The van der Waals surface area contributed by atoms with Gasteiger partial charge in [-0.05, 0) is 33.2 Å². The van der Waals surface area contributed by atoms with E-state index < -0.39 is 12.2 Å². The Kier molecular flexibility index (Phi) is 3.22. The smallest absolute Gasteiger partial charge is 0.290 e. The molecule has 1 heterocycles. The first-order valence-corrected chi connectivity index (χ1v) is 4.75. The minimum absolute atomic E-state index is 0.00748. The Bertz CT molecular complexity index is 165. The van der Waals surface area contributed by atoms with Crippen molar-refractivity contribution < 1.29 is 13.2 Å². The van der Waals surface area contributed by atoms with E-state index in [1.54, 1.807) is 4.90 Å². The van der Waals surface area contributed by atoms with Crippen LogP contribution in [0.5, 0.6) is 0 Å². The van der Waals surface area contributed by atoms with Crippen molar-refractivity contribution in [3.05, 3.63) is 0 Å². The summed E-state index contributed by atoms with van der Waals surface area (Å²) in [7, 11) is 0. The molecule has 1 saturated heterocycles. The second kappa shape index (κ2) is 3.86. The fourth-order valence-electron chi connectivity index (χ4n) is 1.92. The van der Waals surface area contributed by atoms with Crippen molar-refractivity contribution >= 4 is 0 Å². The van der Waals surface area contributed by atoms with Gasteiger partial charge in [0.25, 0.3) is 0 Å². The third-order valence-electron chi connectivity index (χ3n) is 2.59. The highest BCUT2D eigenvalue weighted by Gasteiger charge is 2.44. The van der Waals surface area contributed by atoms with Crippen LogP contribution in [-0.2, 0) is 0 Å². The van der Waals surface area contributed by atoms with Crippen LogP contribution in [0, 0.1) is 0 Å². The molecule has 0 saturated carbocycles. The first kappa shape index (κ1) is 10.8. The average Bonchev–Trinajstić information content (AvgIpc) is 2.03. The lowest BCUT2D eigenvalue weighted by Crippen LogP contribution is -2.51. The highest BCUT2D eigenvalue weighted by Crippen LogP contribution is 2.32. The summed E-state index contributed by atoms with van der Waals surface area (Å²) >= 11 is 0. The Labute approximate surface area is 76.9 Å². The van der Waals surface area contributed by atoms with Gasteiger partial charge in [-0.2, -0.15) is 13.2 Å². The molecule has 1 atom stereocenters. The summed E-state index contributed by atoms with van der Waals surface area (Å²) in [5.74, 6) is 0. The fraction of sp³-hybridized carbons (Fsp3) is 1.00. The number of halogens is 3. The van der Waals surface area contributed by atoms with E-state index in [1.165, 1.54) is 0 Å². The van der Waals surface area contributed by atoms with Gasteiger partial charge in [-0.3, -0.25) is 4.90 Å². The molecular weight excluding hydrogens is 179 g/mol. The first-order valence-electron chi connectivity index (χ1n) is 4.75. The minimum Gasteiger partial charge on any atom is -0.290 e. The summed E-state index contributed by atoms with van der Waals surface area (Å²) in [4.78, 5) is 1.56. The summed E-state index contributed by atoms with van der Waals surface area (Å²) in [6.07, 6.45) is -2.19. The van der Waals surface area contributed by atoms with Crippen LogP contribution in [0.4, 0.5) is 13.2 Å². The summed E-state index contributed by atoms with van der Waals surface area (Å²) in [5.41, 5.74) is 0. The van der Waals surface area contributed by atoms with E-state index in [-0.39, 0.29) is 12.5 Å². The fourth-order valence-corrected chi connectivity index (χ4v) is 1.92. The van der Waals surface area contributed by atoms with Crippen molar-refractivity contribution in [3.63, 3.8) is 0 Å². The summed E-state index contributed by atoms with van der Waals surface area (Å²) in [6.45, 7) is 4.23. The molecule has 78 valence electrons. The van der Waals surface area contributed by atoms with E-state index in [0.717, 1.165) is 6.42 Å². The number of piperidine rings is 1. The molecule has 4 heteroatoms. The highest BCUT2D eigenvalue weighted by molar-refractivity contribution is 4.84. The van der Waals surface area contributed by atoms with E-state index in [2.05, 4.69) is 0 Å². The Morgan fingerprint density at radius 1 is 1.23 bits per heavy atom. The Hall–Kier alpha value is -0.250. The molecule has 1 nitrogen and oxygen atoms in total. The number of nitrogens with zero attached hydrogens (tertiary/aromatic N) is 1. The van der Waals surface area contributed by atoms with Crippen molar-refractivity contribution in [2.45, 2.75) is 51.4 Å². The third-order valence-corrected chi connectivity index (χ3v) is 2.59. The largest absolute Gasteiger partial charge is 0.404 e. The number of hydrogen-bond donors (Lipinski definition) is 0. The highest BCUT2D eigenvalue weighted by atomic mass is 19.4. The summed E-state index contributed by atoms with van der Waals surface area (Å²) in [6, 6.07) is -1.21. The van der Waals surface area contributed by atoms with E-state index in [1.807, 2.05) is 13.8 Å². The molecule has 0 radical (unpaired) electrons. The van der Waals surface area contributed by atoms with Crippen LogP contribution in [0.3, 0.4) is 0 Å². The van der Waals surface area contributed by atoms with Gasteiger partial charge in [0, 0.05) is 6.04 Å². The molecule has 1 aliphatic heterocycles. The standard InChI is InChI=1S/C9H16F3N/c1-7(2)13-6-4-3-5-8(13)9(10,11)12/h7-8H,3-6H2,1-2H3/t8-/m1/s1. The molecule has 1 aliphatic rings. The van der Waals surface area contributed by atoms with Crippen LogP contribution in [-0.4, -0.2) is 29.7 Å². The van der Waals surface area contributed by atoms with Gasteiger partial charge in [-0.1, -0.05) is 6.42 Å². The molecule has 0 aliphatic carbocycles. The maximum atomic E-state index is 12.5. The van der Waals surface area contributed by atoms with Gasteiger partial charge in [0.1, 0.15) is 6.04 Å². The summed E-state index contributed by atoms with van der Waals surface area (Å²) < 4.78 is 37.5. The summed E-state index contributed by atoms with van der Waals surface area (Å²) in [5, 5.41) is 0. The molecule has 0 aromatic rings. The zero-order valence-corrected chi connectivity index (χ0v) is 8.06. The van der Waals surface area contributed by atoms with Gasteiger partial charge < -0.3 is 0 Å². The molecular formula is C9H16F3N. The van der Waals surface area contributed by atoms with Gasteiger partial charge in [-0.25, -0.2) is 0 Å². The number of likely N-dealkylation sites (tertiary alicyclic amines) is 1. The van der Waals surface area contributed by atoms with Crippen LogP contribution in [0.15, 0.2) is 0 Å². The van der Waals surface area contributed by atoms with Crippen molar-refractivity contribution in [1.29, 1.82) is 0 Å². The topological polar surface area (TPSA) is 3.24 Å². The van der Waals surface area contributed by atoms with Crippen LogP contribution in [0.2, 0.25) is 0 Å². The van der Waals surface area contributed by atoms with Crippen LogP contribution < -0.4 is 0 Å². The Balaban J connectivity index is 2.67. The van der Waals surface area contributed by atoms with E-state index in [4.69, 9.17) is 0 Å². The van der Waals surface area contributed by atoms with E-state index >= 15 is 0 Å². The van der Waals surface area contributed by atoms with Crippen molar-refractivity contribution in [3.8, 4) is 0 Å². The van der Waals surface area contributed by atoms with Crippen molar-refractivity contribution in [2.75, 3.05) is 6.54 Å². The van der Waals surface area contributed by atoms with Crippen molar-refractivity contribution in [2.24, 2.45) is 0 Å². The zero-order chi connectivity index (χ0) is 10.1. The molecule has 0 spiro atoms. The molecule has 0 bridgehead atoms. The first-order chi connectivity index (χ1) is 5.93. The van der Waals surface area contributed by atoms with Gasteiger partial charge in [-0.15, -0.1) is 0 Å². The Morgan fingerprint density at radius 2 is 1.85 bits per heavy atom. The van der Waals surface area contributed by atoms with Crippen LogP contribution >= 0.6 is 0 Å². The number of alkyl halides is 3. The predicted molar refractivity (Wildman–Crippen MR) is 45.5 cm³/mol. The Morgan fingerprint density at radius 3 is 2.23 bits per heavy atom. The molecule has 1 fully saturated rings. The predicted octanol–water partition coefficient (Wildman–Crippen LogP) is 2.81. The molecule has 0 aromatic heterocycles. The molecule has 13 heavy (non-hydrogen) atoms. The minimum atomic E-state index is -4.05. The van der Waals surface area contributed by atoms with E-state index in [9.17, 15) is 13.2 Å². The lowest BCUT2D eigenvalue weighted by molar-refractivity contribution is -0.195. The lowest BCUT2D eigenvalue weighted by Gasteiger charge is -2.39. The third kappa shape index (κ3) is 2.59. The SMILES string of the molecule is CC(C)N1CCCC[C@@H]1C(F)(F)F. The number of rotatable bonds is 1. The molecule has 1 rings (SSSR count).